The number of hydrogen-bond donors (Lipinski definition) is 0. The molecular weight excluding hydrogens is 385 g/mol. The van der Waals surface area contributed by atoms with Crippen LogP contribution < -0.4 is 18.9 Å². The summed E-state index contributed by atoms with van der Waals surface area (Å²) in [6, 6.07) is 6.96. The molecule has 0 radical (unpaired) electrons. The zero-order valence-electron chi connectivity index (χ0n) is 13.0. The van der Waals surface area contributed by atoms with Crippen molar-refractivity contribution in [2.75, 3.05) is 0 Å². The second kappa shape index (κ2) is 7.93. The van der Waals surface area contributed by atoms with Gasteiger partial charge in [0.05, 0.1) is 9.85 Å². The van der Waals surface area contributed by atoms with Gasteiger partial charge in [0.25, 0.3) is 11.4 Å². The Hall–Kier alpha value is -2.30. The molecular formula is C12H8LiN3O8S2. The fraction of sp³-hybridized carbons (Fsp3) is 0. The largest absolute Gasteiger partial charge is 1.00 e. The molecule has 0 aliphatic heterocycles. The molecule has 11 nitrogen and oxygen atoms in total. The van der Waals surface area contributed by atoms with E-state index in [4.69, 9.17) is 0 Å². The molecule has 0 atom stereocenters. The van der Waals surface area contributed by atoms with E-state index in [1.54, 1.807) is 0 Å². The summed E-state index contributed by atoms with van der Waals surface area (Å²) < 4.78 is 51.0. The van der Waals surface area contributed by atoms with Crippen molar-refractivity contribution in [2.24, 2.45) is 0 Å². The zero-order chi connectivity index (χ0) is 18.8. The molecule has 0 heterocycles. The van der Waals surface area contributed by atoms with Crippen molar-refractivity contribution >= 4 is 31.4 Å². The molecule has 0 bridgehead atoms. The van der Waals surface area contributed by atoms with Gasteiger partial charge in [0, 0.05) is 34.1 Å². The van der Waals surface area contributed by atoms with Crippen LogP contribution in [0.1, 0.15) is 0 Å². The Bertz CT molecular complexity index is 949. The normalized spacial score (nSPS) is 11.4. The van der Waals surface area contributed by atoms with Crippen LogP contribution in [0.25, 0.3) is 4.13 Å². The Morgan fingerprint density at radius 3 is 1.15 bits per heavy atom. The Labute approximate surface area is 159 Å². The van der Waals surface area contributed by atoms with Gasteiger partial charge in [-0.15, -0.1) is 0 Å². The van der Waals surface area contributed by atoms with Gasteiger partial charge in [-0.3, -0.25) is 20.2 Å². The van der Waals surface area contributed by atoms with Gasteiger partial charge in [-0.2, -0.15) is 0 Å². The number of nitro groups is 2. The van der Waals surface area contributed by atoms with Crippen molar-refractivity contribution in [1.82, 2.24) is 0 Å². The number of hydrogen-bond acceptors (Lipinski definition) is 8. The summed E-state index contributed by atoms with van der Waals surface area (Å²) in [5, 5.41) is 21.1. The molecule has 0 saturated carbocycles. The summed E-state index contributed by atoms with van der Waals surface area (Å²) in [4.78, 5) is 18.5. The fourth-order valence-electron chi connectivity index (χ4n) is 1.69. The van der Waals surface area contributed by atoms with E-state index in [9.17, 15) is 37.1 Å². The molecule has 0 N–H and O–H groups in total. The minimum absolute atomic E-state index is 0. The van der Waals surface area contributed by atoms with Gasteiger partial charge in [-0.05, 0) is 24.3 Å². The molecule has 0 aromatic heterocycles. The standard InChI is InChI=1S/C12H8N3O8S2.Li/c16-14(17)9-1-5-11(6-2-9)24(20,21)13-25(22,23)12-7-3-10(4-8-12)15(18)19;/h1-8H;/q-1;+1. The van der Waals surface area contributed by atoms with Gasteiger partial charge in [0.15, 0.2) is 0 Å². The van der Waals surface area contributed by atoms with E-state index in [1.807, 2.05) is 0 Å². The summed E-state index contributed by atoms with van der Waals surface area (Å²) in [6.45, 7) is 0. The van der Waals surface area contributed by atoms with Crippen molar-refractivity contribution in [1.29, 1.82) is 0 Å². The molecule has 2 aromatic carbocycles. The van der Waals surface area contributed by atoms with Crippen molar-refractivity contribution in [3.05, 3.63) is 72.9 Å². The molecule has 0 fully saturated rings. The minimum Gasteiger partial charge on any atom is -0.428 e. The van der Waals surface area contributed by atoms with Crippen molar-refractivity contribution < 1.29 is 45.5 Å². The van der Waals surface area contributed by atoms with Crippen LogP contribution >= 0.6 is 0 Å². The molecule has 0 amide bonds. The topological polar surface area (TPSA) is 169 Å². The Morgan fingerprint density at radius 1 is 0.654 bits per heavy atom. The molecule has 0 unspecified atom stereocenters. The van der Waals surface area contributed by atoms with Gasteiger partial charge >= 0.3 is 18.9 Å². The Balaban J connectivity index is 0.00000338. The molecule has 0 aliphatic rings. The third kappa shape index (κ3) is 4.87. The first-order valence-electron chi connectivity index (χ1n) is 6.26. The van der Waals surface area contributed by atoms with Gasteiger partial charge in [0.1, 0.15) is 20.0 Å². The van der Waals surface area contributed by atoms with E-state index in [2.05, 4.69) is 4.13 Å². The molecule has 132 valence electrons. The average Bonchev–Trinajstić information content (AvgIpc) is 2.54. The van der Waals surface area contributed by atoms with Crippen LogP contribution in [0.4, 0.5) is 11.4 Å². The zero-order valence-corrected chi connectivity index (χ0v) is 14.7. The van der Waals surface area contributed by atoms with Crippen LogP contribution in [-0.2, 0) is 20.0 Å². The van der Waals surface area contributed by atoms with Gasteiger partial charge in [0.2, 0.25) is 0 Å². The van der Waals surface area contributed by atoms with E-state index < -0.39 is 39.7 Å². The quantitative estimate of drug-likeness (QED) is 0.340. The summed E-state index contributed by atoms with van der Waals surface area (Å²) in [5.41, 5.74) is -0.755. The minimum atomic E-state index is -4.65. The van der Waals surface area contributed by atoms with E-state index in [0.29, 0.717) is 0 Å². The fourth-order valence-corrected chi connectivity index (χ4v) is 4.38. The van der Waals surface area contributed by atoms with Crippen LogP contribution in [0, 0.1) is 20.2 Å². The molecule has 0 spiro atoms. The first-order valence-corrected chi connectivity index (χ1v) is 9.14. The SMILES string of the molecule is O=[N+]([O-])c1ccc(S(=O)(=O)[N-]S(=O)(=O)c2ccc([N+](=O)[O-])cc2)cc1.[Li+]. The maximum Gasteiger partial charge on any atom is 1.00 e. The van der Waals surface area contributed by atoms with Gasteiger partial charge < -0.3 is 4.13 Å². The van der Waals surface area contributed by atoms with E-state index in [-0.39, 0.29) is 30.2 Å². The predicted octanol–water partition coefficient (Wildman–Crippen LogP) is -1.04. The number of benzene rings is 2. The van der Waals surface area contributed by atoms with Crippen LogP contribution in [-0.4, -0.2) is 26.7 Å². The van der Waals surface area contributed by atoms with E-state index >= 15 is 0 Å². The Morgan fingerprint density at radius 2 is 0.923 bits per heavy atom. The first kappa shape index (κ1) is 21.7. The van der Waals surface area contributed by atoms with E-state index in [0.717, 1.165) is 48.5 Å². The van der Waals surface area contributed by atoms with Gasteiger partial charge in [-0.25, -0.2) is 16.8 Å². The Kier molecular flexibility index (Phi) is 6.63. The monoisotopic (exact) mass is 393 g/mol. The number of non-ortho nitro benzene ring substituents is 2. The second-order valence-electron chi connectivity index (χ2n) is 4.53. The summed E-state index contributed by atoms with van der Waals surface area (Å²) in [7, 11) is -9.31. The van der Waals surface area contributed by atoms with Crippen LogP contribution in [0.3, 0.4) is 0 Å². The number of sulfonamides is 2. The second-order valence-corrected chi connectivity index (χ2v) is 7.97. The van der Waals surface area contributed by atoms with Crippen LogP contribution in [0.15, 0.2) is 58.3 Å². The predicted molar refractivity (Wildman–Crippen MR) is 83.9 cm³/mol. The number of rotatable bonds is 6. The third-order valence-corrected chi connectivity index (χ3v) is 6.19. The average molecular weight is 393 g/mol. The van der Waals surface area contributed by atoms with Crippen LogP contribution in [0.5, 0.6) is 0 Å². The number of nitro benzene ring substituents is 2. The summed E-state index contributed by atoms with van der Waals surface area (Å²) in [6.07, 6.45) is 0. The van der Waals surface area contributed by atoms with Gasteiger partial charge in [-0.1, -0.05) is 0 Å². The molecule has 26 heavy (non-hydrogen) atoms. The van der Waals surface area contributed by atoms with Crippen LogP contribution in [0.2, 0.25) is 0 Å². The molecule has 0 saturated heterocycles. The van der Waals surface area contributed by atoms with E-state index in [1.165, 1.54) is 0 Å². The third-order valence-electron chi connectivity index (χ3n) is 2.89. The first-order chi connectivity index (χ1) is 11.5. The van der Waals surface area contributed by atoms with Crippen molar-refractivity contribution in [2.45, 2.75) is 9.79 Å². The number of nitrogens with zero attached hydrogens (tertiary/aromatic N) is 3. The molecule has 0 aliphatic carbocycles. The summed E-state index contributed by atoms with van der Waals surface area (Å²) in [5.74, 6) is 0. The van der Waals surface area contributed by atoms with Crippen molar-refractivity contribution in [3.8, 4) is 0 Å². The molecule has 14 heteroatoms. The maximum atomic E-state index is 12.1. The molecule has 2 rings (SSSR count). The smallest absolute Gasteiger partial charge is 0.428 e. The summed E-state index contributed by atoms with van der Waals surface area (Å²) >= 11 is 0. The molecule has 2 aromatic rings. The maximum absolute atomic E-state index is 12.1. The van der Waals surface area contributed by atoms with Crippen molar-refractivity contribution in [3.63, 3.8) is 0 Å².